The van der Waals surface area contributed by atoms with E-state index in [1.165, 1.54) is 43.2 Å². The van der Waals surface area contributed by atoms with E-state index >= 15 is 0 Å². The van der Waals surface area contributed by atoms with Crippen molar-refractivity contribution in [3.05, 3.63) is 229 Å². The Hall–Kier alpha value is -6.81. The molecule has 8 aromatic carbocycles. The fourth-order valence-electron chi connectivity index (χ4n) is 9.00. The predicted octanol–water partition coefficient (Wildman–Crippen LogP) is 13.6. The lowest BCUT2D eigenvalue weighted by atomic mass is 9.67. The monoisotopic (exact) mass is 730 g/mol. The first-order valence-corrected chi connectivity index (χ1v) is 19.9. The summed E-state index contributed by atoms with van der Waals surface area (Å²) in [5.41, 5.74) is 17.0. The van der Waals surface area contributed by atoms with Crippen molar-refractivity contribution >= 4 is 11.8 Å². The van der Waals surface area contributed by atoms with Crippen LogP contribution in [0.1, 0.15) is 22.3 Å². The van der Waals surface area contributed by atoms with E-state index in [0.717, 1.165) is 50.3 Å². The molecule has 0 N–H and O–H groups in total. The van der Waals surface area contributed by atoms with E-state index in [0.29, 0.717) is 5.82 Å². The van der Waals surface area contributed by atoms with Crippen molar-refractivity contribution in [3.63, 3.8) is 0 Å². The van der Waals surface area contributed by atoms with E-state index in [2.05, 4.69) is 200 Å². The Morgan fingerprint density at radius 1 is 0.304 bits per heavy atom. The first-order valence-electron chi connectivity index (χ1n) is 19.1. The van der Waals surface area contributed by atoms with E-state index in [1.807, 2.05) is 17.8 Å². The second-order valence-electron chi connectivity index (χ2n) is 14.4. The highest BCUT2D eigenvalue weighted by Crippen LogP contribution is 2.62. The lowest BCUT2D eigenvalue weighted by molar-refractivity contribution is 0.723. The van der Waals surface area contributed by atoms with E-state index in [9.17, 15) is 0 Å². The van der Waals surface area contributed by atoms with Gasteiger partial charge in [0.05, 0.1) is 16.8 Å². The molecule has 0 saturated carbocycles. The van der Waals surface area contributed by atoms with Crippen molar-refractivity contribution in [2.24, 2.45) is 0 Å². The lowest BCUT2D eigenvalue weighted by Gasteiger charge is -2.40. The van der Waals surface area contributed by atoms with Gasteiger partial charge in [-0.3, -0.25) is 0 Å². The van der Waals surface area contributed by atoms with Gasteiger partial charge in [0, 0.05) is 26.5 Å². The molecule has 262 valence electrons. The highest BCUT2D eigenvalue weighted by molar-refractivity contribution is 7.99. The molecule has 2 nitrogen and oxygen atoms in total. The highest BCUT2D eigenvalue weighted by Gasteiger charge is 2.50. The zero-order valence-corrected chi connectivity index (χ0v) is 31.2. The molecule has 0 saturated heterocycles. The van der Waals surface area contributed by atoms with E-state index in [4.69, 9.17) is 9.97 Å². The highest BCUT2D eigenvalue weighted by atomic mass is 32.2. The quantitative estimate of drug-likeness (QED) is 0.176. The fraction of sp³-hybridized carbons (Fsp3) is 0.0189. The summed E-state index contributed by atoms with van der Waals surface area (Å²) in [6, 6.07) is 74.4. The van der Waals surface area contributed by atoms with Crippen LogP contribution in [0.2, 0.25) is 0 Å². The molecular formula is C53H34N2S. The number of benzene rings is 8. The van der Waals surface area contributed by atoms with Gasteiger partial charge in [0.15, 0.2) is 5.82 Å². The minimum Gasteiger partial charge on any atom is -0.228 e. The molecule has 0 radical (unpaired) electrons. The Morgan fingerprint density at radius 2 is 0.750 bits per heavy atom. The van der Waals surface area contributed by atoms with Gasteiger partial charge in [0.1, 0.15) is 0 Å². The molecule has 0 atom stereocenters. The van der Waals surface area contributed by atoms with Gasteiger partial charge in [0.25, 0.3) is 0 Å². The normalized spacial score (nSPS) is 13.1. The lowest BCUT2D eigenvalue weighted by Crippen LogP contribution is -2.32. The minimum absolute atomic E-state index is 0.445. The molecule has 0 unspecified atom stereocenters. The van der Waals surface area contributed by atoms with Crippen LogP contribution in [0.4, 0.5) is 0 Å². The molecule has 56 heavy (non-hydrogen) atoms. The Labute approximate surface area is 331 Å². The van der Waals surface area contributed by atoms with E-state index in [-0.39, 0.29) is 0 Å². The van der Waals surface area contributed by atoms with Gasteiger partial charge in [-0.15, -0.1) is 0 Å². The van der Waals surface area contributed by atoms with Crippen LogP contribution in [0.3, 0.4) is 0 Å². The second-order valence-corrected chi connectivity index (χ2v) is 15.5. The molecule has 11 rings (SSSR count). The topological polar surface area (TPSA) is 25.8 Å². The Bertz CT molecular complexity index is 2910. The summed E-state index contributed by atoms with van der Waals surface area (Å²) < 4.78 is 0. The molecule has 0 bridgehead atoms. The van der Waals surface area contributed by atoms with Crippen LogP contribution >= 0.6 is 11.8 Å². The average Bonchev–Trinajstić information content (AvgIpc) is 3.57. The molecule has 1 aliphatic heterocycles. The van der Waals surface area contributed by atoms with Gasteiger partial charge in [-0.05, 0) is 79.9 Å². The van der Waals surface area contributed by atoms with Crippen molar-refractivity contribution < 1.29 is 0 Å². The standard InChI is InChI=1S/C53H34N2S/c1-3-17-35(18-4-1)38-21-7-9-25-42(38)48-34-49(55-52(54-48)36-19-5-2-6-20-36)43-26-10-8-22-39(43)37-31-32-51-47(33-37)53(46-29-15-16-30-50(46)56-51)44-27-13-11-23-40(44)41-24-12-14-28-45(41)53/h1-34H. The molecule has 9 aromatic rings. The number of rotatable bonds is 5. The van der Waals surface area contributed by atoms with Gasteiger partial charge in [0.2, 0.25) is 0 Å². The second kappa shape index (κ2) is 13.2. The Morgan fingerprint density at radius 3 is 1.36 bits per heavy atom. The third kappa shape index (κ3) is 5.05. The first kappa shape index (κ1) is 32.6. The molecular weight excluding hydrogens is 697 g/mol. The van der Waals surface area contributed by atoms with Crippen LogP contribution in [0.5, 0.6) is 0 Å². The molecule has 0 fully saturated rings. The SMILES string of the molecule is c1ccc(-c2nc(-c3ccccc3-c3ccccc3)cc(-c3ccccc3-c3ccc4c(c3)C3(c5ccccc5S4)c4ccccc4-c4ccccc43)n2)cc1. The summed E-state index contributed by atoms with van der Waals surface area (Å²) >= 11 is 1.88. The van der Waals surface area contributed by atoms with Crippen molar-refractivity contribution in [1.29, 1.82) is 0 Å². The largest absolute Gasteiger partial charge is 0.228 e. The summed E-state index contributed by atoms with van der Waals surface area (Å²) in [4.78, 5) is 13.1. The predicted molar refractivity (Wildman–Crippen MR) is 231 cm³/mol. The van der Waals surface area contributed by atoms with E-state index < -0.39 is 5.41 Å². The van der Waals surface area contributed by atoms with Crippen LogP contribution < -0.4 is 0 Å². The molecule has 3 heteroatoms. The zero-order valence-electron chi connectivity index (χ0n) is 30.4. The fourth-order valence-corrected chi connectivity index (χ4v) is 10.2. The van der Waals surface area contributed by atoms with Crippen LogP contribution in [0, 0.1) is 0 Å². The van der Waals surface area contributed by atoms with Gasteiger partial charge in [-0.1, -0.05) is 194 Å². The summed E-state index contributed by atoms with van der Waals surface area (Å²) in [5.74, 6) is 0.701. The van der Waals surface area contributed by atoms with Crippen molar-refractivity contribution in [3.8, 4) is 67.3 Å². The molecule has 1 aromatic heterocycles. The maximum absolute atomic E-state index is 5.32. The van der Waals surface area contributed by atoms with Gasteiger partial charge >= 0.3 is 0 Å². The number of aromatic nitrogens is 2. The third-order valence-electron chi connectivity index (χ3n) is 11.4. The maximum atomic E-state index is 5.32. The van der Waals surface area contributed by atoms with Crippen LogP contribution in [-0.4, -0.2) is 9.97 Å². The molecule has 0 amide bonds. The average molecular weight is 731 g/mol. The molecule has 1 spiro atoms. The summed E-state index contributed by atoms with van der Waals surface area (Å²) in [6.07, 6.45) is 0. The van der Waals surface area contributed by atoms with E-state index in [1.54, 1.807) is 0 Å². The Balaban J connectivity index is 1.13. The zero-order chi connectivity index (χ0) is 37.1. The van der Waals surface area contributed by atoms with Crippen LogP contribution in [0.15, 0.2) is 216 Å². The number of fused-ring (bicyclic) bond motifs is 9. The van der Waals surface area contributed by atoms with Crippen molar-refractivity contribution in [1.82, 2.24) is 9.97 Å². The number of nitrogens with zero attached hydrogens (tertiary/aromatic N) is 2. The first-order chi connectivity index (χ1) is 27.8. The van der Waals surface area contributed by atoms with Gasteiger partial charge < -0.3 is 0 Å². The third-order valence-corrected chi connectivity index (χ3v) is 12.6. The molecule has 2 heterocycles. The number of hydrogen-bond donors (Lipinski definition) is 0. The van der Waals surface area contributed by atoms with Crippen molar-refractivity contribution in [2.45, 2.75) is 15.2 Å². The van der Waals surface area contributed by atoms with Crippen LogP contribution in [-0.2, 0) is 5.41 Å². The summed E-state index contributed by atoms with van der Waals surface area (Å²) in [7, 11) is 0. The smallest absolute Gasteiger partial charge is 0.160 e. The molecule has 1 aliphatic carbocycles. The Kier molecular flexibility index (Phi) is 7.68. The summed E-state index contributed by atoms with van der Waals surface area (Å²) in [6.45, 7) is 0. The van der Waals surface area contributed by atoms with Crippen LogP contribution in [0.25, 0.3) is 67.3 Å². The maximum Gasteiger partial charge on any atom is 0.160 e. The minimum atomic E-state index is -0.445. The van der Waals surface area contributed by atoms with Crippen molar-refractivity contribution in [2.75, 3.05) is 0 Å². The molecule has 2 aliphatic rings. The number of hydrogen-bond acceptors (Lipinski definition) is 3. The summed E-state index contributed by atoms with van der Waals surface area (Å²) in [5, 5.41) is 0. The van der Waals surface area contributed by atoms with Gasteiger partial charge in [-0.2, -0.15) is 0 Å². The van der Waals surface area contributed by atoms with Gasteiger partial charge in [-0.25, -0.2) is 9.97 Å².